The molecule has 4 rings (SSSR count). The predicted molar refractivity (Wildman–Crippen MR) is 252 cm³/mol. The van der Waals surface area contributed by atoms with Crippen LogP contribution >= 0.6 is 0 Å². The third kappa shape index (κ3) is 16.6. The average Bonchev–Trinajstić information content (AvgIpc) is 4.02. The maximum atomic E-state index is 14.6. The van der Waals surface area contributed by atoms with Crippen molar-refractivity contribution >= 4 is 59.2 Å². The Balaban J connectivity index is 1.58. The minimum Gasteiger partial charge on any atom is -0.508 e. The molecule has 2 aromatic carbocycles. The highest BCUT2D eigenvalue weighted by Gasteiger charge is 2.42. The molecule has 0 spiro atoms. The summed E-state index contributed by atoms with van der Waals surface area (Å²) in [6.07, 6.45) is -3.26. The van der Waals surface area contributed by atoms with Crippen LogP contribution in [0.3, 0.4) is 0 Å². The van der Waals surface area contributed by atoms with Gasteiger partial charge in [0.1, 0.15) is 54.1 Å². The number of hydrogen-bond donors (Lipinski definition) is 13. The van der Waals surface area contributed by atoms with Crippen LogP contribution in [0.5, 0.6) is 5.75 Å². The molecule has 10 atom stereocenters. The average molecular weight is 996 g/mol. The molecule has 0 bridgehead atoms. The number of phenolic OH excluding ortho intramolecular Hbond substituents is 1. The summed E-state index contributed by atoms with van der Waals surface area (Å²) in [5.41, 5.74) is 17.7. The first-order valence-electron chi connectivity index (χ1n) is 23.1. The summed E-state index contributed by atoms with van der Waals surface area (Å²) in [4.78, 5) is 127. The molecule has 2 saturated heterocycles. The van der Waals surface area contributed by atoms with Crippen molar-refractivity contribution in [3.8, 4) is 5.75 Å². The number of aliphatic imine (C=N–C) groups is 1. The fourth-order valence-corrected chi connectivity index (χ4v) is 8.21. The summed E-state index contributed by atoms with van der Waals surface area (Å²) in [6.45, 7) is 2.56. The molecule has 25 heteroatoms. The Morgan fingerprint density at radius 1 is 0.662 bits per heavy atom. The number of likely N-dealkylation sites (tertiary alicyclic amines) is 2. The maximum absolute atomic E-state index is 14.6. The number of carboxylic acids is 2. The van der Waals surface area contributed by atoms with Gasteiger partial charge in [0.25, 0.3) is 0 Å². The number of rotatable bonds is 25. The SMILES string of the molecule is C[C@@H](O)[C@H](N)C(=O)N[C@@H](CCCN=C(N)N)C(=O)N[C@@H](Cc1ccc(O)cc1)C(=O)N1CCC[C@H]1C(=O)N[C@H](C(=O)N[C@@H](Cc1ccccc1)C(=O)N[C@@H](CC(=O)O)C(=O)N1CCC[C@H]1C(=O)O)[C@@H](C)O. The molecule has 388 valence electrons. The third-order valence-corrected chi connectivity index (χ3v) is 12.0. The quantitative estimate of drug-likeness (QED) is 0.0258. The summed E-state index contributed by atoms with van der Waals surface area (Å²) in [5.74, 6) is -9.47. The maximum Gasteiger partial charge on any atom is 0.326 e. The third-order valence-electron chi connectivity index (χ3n) is 12.0. The van der Waals surface area contributed by atoms with E-state index in [2.05, 4.69) is 31.6 Å². The standard InChI is InChI=1S/C46H65N11O14/c1-24(58)36(47)41(66)51-29(11-6-18-50-46(48)49)38(63)53-31(22-27-14-16-28(60)17-15-27)43(68)56-19-7-12-33(56)40(65)55-37(25(2)59)42(67)52-30(21-26-9-4-3-5-10-26)39(64)54-32(23-35(61)62)44(69)57-20-8-13-34(57)45(70)71/h3-5,9-10,14-17,24-25,29-34,36-37,58-60H,6-8,11-13,18-23,47H2,1-2H3,(H,51,66)(H,52,67)(H,53,63)(H,54,64)(H,55,65)(H,61,62)(H,70,71)(H4,48,49,50)/t24-,25-,29+,30+,31+,32+,33+,34+,36+,37+/m1/s1. The molecule has 0 unspecified atom stereocenters. The largest absolute Gasteiger partial charge is 0.508 e. The number of nitrogens with two attached hydrogens (primary N) is 3. The minimum absolute atomic E-state index is 0.00348. The number of nitrogens with one attached hydrogen (secondary N) is 5. The van der Waals surface area contributed by atoms with Gasteiger partial charge in [0.05, 0.1) is 18.6 Å². The molecule has 2 aromatic rings. The van der Waals surface area contributed by atoms with Gasteiger partial charge >= 0.3 is 11.9 Å². The van der Waals surface area contributed by atoms with Gasteiger partial charge in [0.15, 0.2) is 5.96 Å². The molecule has 2 fully saturated rings. The summed E-state index contributed by atoms with van der Waals surface area (Å²) >= 11 is 0. The first-order valence-corrected chi connectivity index (χ1v) is 23.1. The van der Waals surface area contributed by atoms with Crippen molar-refractivity contribution in [3.05, 3.63) is 65.7 Å². The van der Waals surface area contributed by atoms with Crippen molar-refractivity contribution in [3.63, 3.8) is 0 Å². The zero-order valence-electron chi connectivity index (χ0n) is 39.4. The van der Waals surface area contributed by atoms with Gasteiger partial charge in [-0.05, 0) is 75.6 Å². The number of carbonyl (C=O) groups is 9. The van der Waals surface area contributed by atoms with E-state index in [1.165, 1.54) is 43.0 Å². The number of carbonyl (C=O) groups excluding carboxylic acids is 7. The van der Waals surface area contributed by atoms with Crippen molar-refractivity contribution in [1.29, 1.82) is 0 Å². The highest BCUT2D eigenvalue weighted by Crippen LogP contribution is 2.22. The fraction of sp³-hybridized carbons (Fsp3) is 0.522. The number of aliphatic carboxylic acids is 2. The lowest BCUT2D eigenvalue weighted by Crippen LogP contribution is -2.62. The fourth-order valence-electron chi connectivity index (χ4n) is 8.21. The Kier molecular flexibility index (Phi) is 21.0. The number of nitrogens with zero attached hydrogens (tertiary/aromatic N) is 3. The molecule has 0 aliphatic carbocycles. The molecule has 0 radical (unpaired) electrons. The lowest BCUT2D eigenvalue weighted by atomic mass is 10.0. The van der Waals surface area contributed by atoms with E-state index in [1.54, 1.807) is 30.3 Å². The van der Waals surface area contributed by atoms with Crippen LogP contribution in [0.1, 0.15) is 69.9 Å². The van der Waals surface area contributed by atoms with Crippen LogP contribution < -0.4 is 43.8 Å². The van der Waals surface area contributed by atoms with Crippen molar-refractivity contribution < 1.29 is 68.7 Å². The van der Waals surface area contributed by atoms with E-state index in [4.69, 9.17) is 17.2 Å². The number of aliphatic hydroxyl groups is 2. The van der Waals surface area contributed by atoms with E-state index in [9.17, 15) is 68.7 Å². The highest BCUT2D eigenvalue weighted by molar-refractivity contribution is 5.98. The molecule has 7 amide bonds. The number of aliphatic hydroxyl groups excluding tert-OH is 2. The number of phenols is 1. The van der Waals surface area contributed by atoms with Gasteiger partial charge in [-0.3, -0.25) is 43.3 Å². The van der Waals surface area contributed by atoms with Crippen LogP contribution in [0, 0.1) is 0 Å². The predicted octanol–water partition coefficient (Wildman–Crippen LogP) is -3.71. The van der Waals surface area contributed by atoms with Gasteiger partial charge < -0.3 is 79.1 Å². The molecule has 71 heavy (non-hydrogen) atoms. The van der Waals surface area contributed by atoms with E-state index in [0.29, 0.717) is 17.5 Å². The molecular weight excluding hydrogens is 931 g/mol. The molecule has 16 N–H and O–H groups in total. The minimum atomic E-state index is -1.76. The number of carboxylic acid groups (broad SMARTS) is 2. The first-order chi connectivity index (χ1) is 33.6. The van der Waals surface area contributed by atoms with E-state index in [0.717, 1.165) is 4.90 Å². The smallest absolute Gasteiger partial charge is 0.326 e. The van der Waals surface area contributed by atoms with Gasteiger partial charge in [-0.1, -0.05) is 42.5 Å². The zero-order valence-corrected chi connectivity index (χ0v) is 39.4. The second kappa shape index (κ2) is 26.6. The van der Waals surface area contributed by atoms with Gasteiger partial charge in [-0.15, -0.1) is 0 Å². The Labute approximate surface area is 408 Å². The Morgan fingerprint density at radius 2 is 1.18 bits per heavy atom. The van der Waals surface area contributed by atoms with Crippen molar-refractivity contribution in [2.24, 2.45) is 22.2 Å². The zero-order chi connectivity index (χ0) is 52.5. The topological polar surface area (TPSA) is 412 Å². The number of hydrogen-bond acceptors (Lipinski definition) is 14. The monoisotopic (exact) mass is 995 g/mol. The van der Waals surface area contributed by atoms with Crippen molar-refractivity contribution in [1.82, 2.24) is 36.4 Å². The van der Waals surface area contributed by atoms with Gasteiger partial charge in [0, 0.05) is 32.5 Å². The number of amides is 7. The van der Waals surface area contributed by atoms with Crippen LogP contribution in [0.4, 0.5) is 0 Å². The lowest BCUT2D eigenvalue weighted by molar-refractivity contribution is -0.150. The molecule has 2 heterocycles. The van der Waals surface area contributed by atoms with E-state index >= 15 is 0 Å². The first kappa shape index (κ1) is 56.2. The highest BCUT2D eigenvalue weighted by atomic mass is 16.4. The molecule has 0 aromatic heterocycles. The Hall–Kier alpha value is -7.38. The number of benzene rings is 2. The summed E-state index contributed by atoms with van der Waals surface area (Å²) in [6, 6.07) is 2.34. The van der Waals surface area contributed by atoms with Crippen LogP contribution in [0.15, 0.2) is 59.6 Å². The lowest BCUT2D eigenvalue weighted by Gasteiger charge is -2.32. The van der Waals surface area contributed by atoms with Crippen molar-refractivity contribution in [2.45, 2.75) is 132 Å². The van der Waals surface area contributed by atoms with Gasteiger partial charge in [-0.2, -0.15) is 0 Å². The van der Waals surface area contributed by atoms with E-state index in [1.807, 2.05) is 0 Å². The Morgan fingerprint density at radius 3 is 1.76 bits per heavy atom. The summed E-state index contributed by atoms with van der Waals surface area (Å²) < 4.78 is 0. The summed E-state index contributed by atoms with van der Waals surface area (Å²) in [7, 11) is 0. The Bertz CT molecular complexity index is 2240. The molecular formula is C46H65N11O14. The number of aromatic hydroxyl groups is 1. The summed E-state index contributed by atoms with van der Waals surface area (Å²) in [5, 5.41) is 62.6. The van der Waals surface area contributed by atoms with E-state index < -0.39 is 120 Å². The number of guanidine groups is 1. The van der Waals surface area contributed by atoms with Gasteiger partial charge in [-0.25, -0.2) is 4.79 Å². The van der Waals surface area contributed by atoms with Crippen LogP contribution in [0.2, 0.25) is 0 Å². The van der Waals surface area contributed by atoms with Crippen LogP contribution in [-0.4, -0.2) is 175 Å². The molecule has 0 saturated carbocycles. The molecule has 25 nitrogen and oxygen atoms in total. The van der Waals surface area contributed by atoms with E-state index in [-0.39, 0.29) is 76.3 Å². The second-order valence-corrected chi connectivity index (χ2v) is 17.6. The second-order valence-electron chi connectivity index (χ2n) is 17.6. The van der Waals surface area contributed by atoms with Crippen molar-refractivity contribution in [2.75, 3.05) is 19.6 Å². The van der Waals surface area contributed by atoms with Gasteiger partial charge in [0.2, 0.25) is 41.4 Å². The van der Waals surface area contributed by atoms with Crippen LogP contribution in [0.25, 0.3) is 0 Å². The molecule has 2 aliphatic heterocycles. The van der Waals surface area contributed by atoms with Crippen LogP contribution in [-0.2, 0) is 56.0 Å². The molecule has 2 aliphatic rings. The normalized spacial score (nSPS) is 18.8.